The third kappa shape index (κ3) is 11.3. The Bertz CT molecular complexity index is 1170. The van der Waals surface area contributed by atoms with Gasteiger partial charge in [0.2, 0.25) is 0 Å². The Balaban J connectivity index is 1.42. The molecule has 0 aromatic heterocycles. The van der Waals surface area contributed by atoms with Crippen LogP contribution in [0, 0.1) is 17.3 Å². The van der Waals surface area contributed by atoms with E-state index in [0.29, 0.717) is 25.7 Å². The van der Waals surface area contributed by atoms with Crippen LogP contribution in [0.5, 0.6) is 17.2 Å². The molecule has 0 amide bonds. The molecule has 1 aliphatic carbocycles. The van der Waals surface area contributed by atoms with Crippen molar-refractivity contribution in [2.24, 2.45) is 17.3 Å². The Labute approximate surface area is 277 Å². The average Bonchev–Trinajstić information content (AvgIpc) is 3.34. The first-order valence-corrected chi connectivity index (χ1v) is 18.2. The van der Waals surface area contributed by atoms with Crippen molar-refractivity contribution in [2.75, 3.05) is 39.6 Å². The van der Waals surface area contributed by atoms with Gasteiger partial charge >= 0.3 is 9.05 Å². The van der Waals surface area contributed by atoms with Crippen LogP contribution in [0.4, 0.5) is 0 Å². The van der Waals surface area contributed by atoms with E-state index < -0.39 is 9.05 Å². The van der Waals surface area contributed by atoms with Crippen LogP contribution in [0.15, 0.2) is 103 Å². The molecule has 7 nitrogen and oxygen atoms in total. The van der Waals surface area contributed by atoms with E-state index in [1.54, 1.807) is 0 Å². The van der Waals surface area contributed by atoms with Gasteiger partial charge in [-0.3, -0.25) is 0 Å². The van der Waals surface area contributed by atoms with Crippen molar-refractivity contribution < 1.29 is 31.9 Å². The minimum absolute atomic E-state index is 0.162. The van der Waals surface area contributed by atoms with Gasteiger partial charge in [-0.05, 0) is 86.8 Å². The maximum Gasteiger partial charge on any atom is 0.680 e. The second-order valence-electron chi connectivity index (χ2n) is 12.4. The van der Waals surface area contributed by atoms with Crippen molar-refractivity contribution in [3.63, 3.8) is 0 Å². The summed E-state index contributed by atoms with van der Waals surface area (Å²) in [5.41, 5.74) is 1.72. The molecule has 3 atom stereocenters. The van der Waals surface area contributed by atoms with Crippen LogP contribution in [-0.4, -0.2) is 54.8 Å². The molecule has 3 unspecified atom stereocenters. The van der Waals surface area contributed by atoms with Gasteiger partial charge in [0.05, 0.1) is 25.9 Å². The van der Waals surface area contributed by atoms with Gasteiger partial charge in [0.25, 0.3) is 0 Å². The number of benzene rings is 3. The summed E-state index contributed by atoms with van der Waals surface area (Å²) in [6, 6.07) is 29.0. The van der Waals surface area contributed by atoms with Crippen LogP contribution in [0.3, 0.4) is 0 Å². The zero-order chi connectivity index (χ0) is 32.7. The fraction of sp³-hybridized carbons (Fsp3) is 0.474. The predicted octanol–water partition coefficient (Wildman–Crippen LogP) is 8.52. The average molecular weight is 649 g/mol. The largest absolute Gasteiger partial charge is 0.680 e. The van der Waals surface area contributed by atoms with E-state index >= 15 is 0 Å². The summed E-state index contributed by atoms with van der Waals surface area (Å²) < 4.78 is 43.8. The fourth-order valence-corrected chi connectivity index (χ4v) is 7.62. The molecular formula is C38H52O7Si. The van der Waals surface area contributed by atoms with Crippen LogP contribution in [0.25, 0.3) is 0 Å². The van der Waals surface area contributed by atoms with Gasteiger partial charge < -0.3 is 31.9 Å². The summed E-state index contributed by atoms with van der Waals surface area (Å²) in [7, 11) is -3.69. The van der Waals surface area contributed by atoms with Gasteiger partial charge in [0.15, 0.2) is 0 Å². The highest BCUT2D eigenvalue weighted by Crippen LogP contribution is 2.45. The highest BCUT2D eigenvalue weighted by molar-refractivity contribution is 6.53. The molecule has 0 saturated heterocycles. The fourth-order valence-electron chi connectivity index (χ4n) is 5.48. The van der Waals surface area contributed by atoms with Crippen LogP contribution in [0.1, 0.15) is 53.9 Å². The number of hydrogen-bond donors (Lipinski definition) is 0. The first-order chi connectivity index (χ1) is 22.3. The highest BCUT2D eigenvalue weighted by atomic mass is 28.4. The molecule has 8 heteroatoms. The molecule has 46 heavy (non-hydrogen) atoms. The van der Waals surface area contributed by atoms with Gasteiger partial charge in [-0.2, -0.15) is 0 Å². The van der Waals surface area contributed by atoms with Gasteiger partial charge in [-0.25, -0.2) is 0 Å². The van der Waals surface area contributed by atoms with Gasteiger partial charge in [0, 0.05) is 0 Å². The lowest BCUT2D eigenvalue weighted by Crippen LogP contribution is -2.53. The molecule has 3 aromatic rings. The zero-order valence-corrected chi connectivity index (χ0v) is 29.2. The van der Waals surface area contributed by atoms with Gasteiger partial charge in [0.1, 0.15) is 37.1 Å². The van der Waals surface area contributed by atoms with E-state index in [1.165, 1.54) is 5.57 Å². The van der Waals surface area contributed by atoms with Crippen LogP contribution < -0.4 is 14.2 Å². The Morgan fingerprint density at radius 3 is 1.43 bits per heavy atom. The monoisotopic (exact) mass is 648 g/mol. The van der Waals surface area contributed by atoms with Crippen molar-refractivity contribution in [1.82, 2.24) is 0 Å². The minimum atomic E-state index is -3.69. The second-order valence-corrected chi connectivity index (χ2v) is 14.6. The minimum Gasteiger partial charge on any atom is -0.491 e. The van der Waals surface area contributed by atoms with E-state index in [9.17, 15) is 0 Å². The third-order valence-electron chi connectivity index (χ3n) is 8.97. The standard InChI is InChI=1S/C38H52O7Si/c1-31(21-23-34-24-22-32(2)38(34,4)5)33(3)45-46(42-28-25-39-35-15-9-6-10-16-35,43-29-26-40-36-17-11-7-12-18-36)44-30-27-41-37-19-13-8-14-20-37/h6-20,22,31,33-34H,21,23-30H2,1-5H3. The Morgan fingerprint density at radius 2 is 1.07 bits per heavy atom. The molecule has 250 valence electrons. The number of allylic oxidation sites excluding steroid dienone is 2. The zero-order valence-electron chi connectivity index (χ0n) is 28.2. The van der Waals surface area contributed by atoms with E-state index in [0.717, 1.165) is 36.5 Å². The molecule has 0 spiro atoms. The van der Waals surface area contributed by atoms with Crippen molar-refractivity contribution in [3.05, 3.63) is 103 Å². The van der Waals surface area contributed by atoms with Crippen LogP contribution >= 0.6 is 0 Å². The summed E-state index contributed by atoms with van der Waals surface area (Å²) in [6.45, 7) is 13.0. The molecule has 4 rings (SSSR count). The molecule has 0 heterocycles. The van der Waals surface area contributed by atoms with Crippen molar-refractivity contribution in [3.8, 4) is 17.2 Å². The molecule has 0 saturated carbocycles. The number of ether oxygens (including phenoxy) is 3. The molecular weight excluding hydrogens is 596 g/mol. The van der Waals surface area contributed by atoms with Gasteiger partial charge in [-0.1, -0.05) is 87.0 Å². The summed E-state index contributed by atoms with van der Waals surface area (Å²) in [4.78, 5) is 0. The molecule has 1 aliphatic rings. The lowest BCUT2D eigenvalue weighted by Gasteiger charge is -2.34. The molecule has 0 N–H and O–H groups in total. The van der Waals surface area contributed by atoms with Crippen molar-refractivity contribution >= 4 is 9.05 Å². The third-order valence-corrected chi connectivity index (χ3v) is 11.3. The van der Waals surface area contributed by atoms with E-state index in [2.05, 4.69) is 40.7 Å². The second kappa shape index (κ2) is 18.3. The summed E-state index contributed by atoms with van der Waals surface area (Å²) in [6.07, 6.45) is 5.54. The maximum atomic E-state index is 6.74. The molecule has 3 aromatic carbocycles. The maximum absolute atomic E-state index is 6.74. The summed E-state index contributed by atoms with van der Waals surface area (Å²) in [5.74, 6) is 3.22. The normalized spacial score (nSPS) is 17.2. The Hall–Kier alpha value is -3.14. The van der Waals surface area contributed by atoms with Crippen molar-refractivity contribution in [2.45, 2.75) is 60.0 Å². The summed E-state index contributed by atoms with van der Waals surface area (Å²) in [5, 5.41) is 0. The Kier molecular flexibility index (Phi) is 14.2. The SMILES string of the molecule is CC1=CCC(CCC(C)C(C)O[Si](OCCOc2ccccc2)(OCCOc2ccccc2)OCCOc2ccccc2)C1(C)C. The number of rotatable bonds is 21. The number of para-hydroxylation sites is 3. The van der Waals surface area contributed by atoms with E-state index in [-0.39, 0.29) is 37.3 Å². The van der Waals surface area contributed by atoms with Crippen molar-refractivity contribution in [1.29, 1.82) is 0 Å². The lowest BCUT2D eigenvalue weighted by molar-refractivity contribution is -0.0726. The van der Waals surface area contributed by atoms with Crippen LogP contribution in [-0.2, 0) is 17.7 Å². The van der Waals surface area contributed by atoms with Gasteiger partial charge in [-0.15, -0.1) is 0 Å². The van der Waals surface area contributed by atoms with Crippen LogP contribution in [0.2, 0.25) is 0 Å². The first-order valence-electron chi connectivity index (χ1n) is 16.6. The molecule has 0 fully saturated rings. The topological polar surface area (TPSA) is 64.6 Å². The molecule has 0 radical (unpaired) electrons. The predicted molar refractivity (Wildman–Crippen MR) is 184 cm³/mol. The Morgan fingerprint density at radius 1 is 0.652 bits per heavy atom. The molecule has 0 bridgehead atoms. The first kappa shape index (κ1) is 35.7. The smallest absolute Gasteiger partial charge is 0.491 e. The number of hydrogen-bond acceptors (Lipinski definition) is 7. The quantitative estimate of drug-likeness (QED) is 0.0652. The lowest BCUT2D eigenvalue weighted by atomic mass is 9.74. The summed E-state index contributed by atoms with van der Waals surface area (Å²) >= 11 is 0. The highest BCUT2D eigenvalue weighted by Gasteiger charge is 2.48. The molecule has 0 aliphatic heterocycles. The van der Waals surface area contributed by atoms with E-state index in [4.69, 9.17) is 31.9 Å². The van der Waals surface area contributed by atoms with E-state index in [1.807, 2.05) is 91.0 Å².